The number of halogens is 1. The molecule has 0 aliphatic rings. The molecule has 1 aromatic heterocycles. The van der Waals surface area contributed by atoms with Crippen LogP contribution in [0.2, 0.25) is 5.02 Å². The van der Waals surface area contributed by atoms with Crippen LogP contribution in [0.3, 0.4) is 0 Å². The highest BCUT2D eigenvalue weighted by Gasteiger charge is 2.14. The summed E-state index contributed by atoms with van der Waals surface area (Å²) < 4.78 is 5.99. The van der Waals surface area contributed by atoms with Crippen molar-refractivity contribution in [2.45, 2.75) is 6.92 Å². The summed E-state index contributed by atoms with van der Waals surface area (Å²) in [6.07, 6.45) is 3.20. The van der Waals surface area contributed by atoms with E-state index in [1.165, 1.54) is 6.08 Å². The van der Waals surface area contributed by atoms with Crippen molar-refractivity contribution < 1.29 is 9.21 Å². The van der Waals surface area contributed by atoms with Crippen molar-refractivity contribution in [3.63, 3.8) is 0 Å². The van der Waals surface area contributed by atoms with Gasteiger partial charge in [-0.05, 0) is 48.9 Å². The van der Waals surface area contributed by atoms with Crippen molar-refractivity contribution in [2.24, 2.45) is 0 Å². The second kappa shape index (κ2) is 7.90. The Morgan fingerprint density at radius 1 is 0.966 bits per heavy atom. The summed E-state index contributed by atoms with van der Waals surface area (Å²) in [6.45, 7) is 1.74. The number of hydrogen-bond donors (Lipinski definition) is 0. The van der Waals surface area contributed by atoms with E-state index in [4.69, 9.17) is 16.0 Å². The molecular formula is C25H17ClO3. The number of rotatable bonds is 4. The molecule has 0 saturated carbocycles. The predicted molar refractivity (Wildman–Crippen MR) is 117 cm³/mol. The summed E-state index contributed by atoms with van der Waals surface area (Å²) in [5, 5.41) is 1.04. The SMILES string of the molecule is Cc1c(-c2ccccc2)oc2ccc(C(=O)/C=C/c3ccc(Cl)cc3)cc2c1=O. The highest BCUT2D eigenvalue weighted by molar-refractivity contribution is 6.30. The molecule has 0 saturated heterocycles. The van der Waals surface area contributed by atoms with Gasteiger partial charge in [0.25, 0.3) is 0 Å². The van der Waals surface area contributed by atoms with Crippen LogP contribution in [-0.2, 0) is 0 Å². The molecule has 0 bridgehead atoms. The molecule has 0 aliphatic carbocycles. The standard InChI is InChI=1S/C25H17ClO3/c1-16-24(28)21-15-19(22(27)13-9-17-7-11-20(26)12-8-17)10-14-23(21)29-25(16)18-5-3-2-4-6-18/h2-15H,1H3/b13-9+. The Morgan fingerprint density at radius 3 is 2.41 bits per heavy atom. The van der Waals surface area contributed by atoms with Crippen molar-refractivity contribution in [3.8, 4) is 11.3 Å². The van der Waals surface area contributed by atoms with Crippen molar-refractivity contribution in [2.75, 3.05) is 0 Å². The van der Waals surface area contributed by atoms with Gasteiger partial charge in [-0.1, -0.05) is 60.1 Å². The van der Waals surface area contributed by atoms with Crippen LogP contribution in [0.5, 0.6) is 0 Å². The topological polar surface area (TPSA) is 47.3 Å². The van der Waals surface area contributed by atoms with Gasteiger partial charge in [0, 0.05) is 21.7 Å². The minimum absolute atomic E-state index is 0.138. The highest BCUT2D eigenvalue weighted by atomic mass is 35.5. The molecule has 3 aromatic carbocycles. The third-order valence-electron chi connectivity index (χ3n) is 4.74. The first kappa shape index (κ1) is 18.9. The average molecular weight is 401 g/mol. The zero-order valence-electron chi connectivity index (χ0n) is 15.7. The third-order valence-corrected chi connectivity index (χ3v) is 4.99. The molecule has 0 atom stereocenters. The van der Waals surface area contributed by atoms with Crippen LogP contribution >= 0.6 is 11.6 Å². The van der Waals surface area contributed by atoms with E-state index in [0.29, 0.717) is 32.9 Å². The zero-order valence-corrected chi connectivity index (χ0v) is 16.4. The van der Waals surface area contributed by atoms with Gasteiger partial charge in [-0.15, -0.1) is 0 Å². The summed E-state index contributed by atoms with van der Waals surface area (Å²) in [7, 11) is 0. The maximum Gasteiger partial charge on any atom is 0.196 e. The number of allylic oxidation sites excluding steroid dienone is 1. The summed E-state index contributed by atoms with van der Waals surface area (Å²) in [5.74, 6) is 0.357. The average Bonchev–Trinajstić information content (AvgIpc) is 2.76. The van der Waals surface area contributed by atoms with E-state index < -0.39 is 0 Å². The van der Waals surface area contributed by atoms with Gasteiger partial charge in [0.2, 0.25) is 0 Å². The van der Waals surface area contributed by atoms with Crippen LogP contribution in [0.15, 0.2) is 88.1 Å². The minimum atomic E-state index is -0.189. The Labute approximate surface area is 172 Å². The van der Waals surface area contributed by atoms with Crippen LogP contribution in [0.4, 0.5) is 0 Å². The van der Waals surface area contributed by atoms with Gasteiger partial charge in [0.15, 0.2) is 11.2 Å². The van der Waals surface area contributed by atoms with Gasteiger partial charge in [0.05, 0.1) is 5.39 Å². The van der Waals surface area contributed by atoms with E-state index in [1.54, 1.807) is 43.3 Å². The molecule has 0 radical (unpaired) electrons. The largest absolute Gasteiger partial charge is 0.456 e. The molecule has 0 amide bonds. The van der Waals surface area contributed by atoms with Crippen LogP contribution in [-0.4, -0.2) is 5.78 Å². The number of fused-ring (bicyclic) bond motifs is 1. The number of ketones is 1. The fourth-order valence-electron chi connectivity index (χ4n) is 3.15. The molecule has 0 spiro atoms. The van der Waals surface area contributed by atoms with E-state index >= 15 is 0 Å². The first-order valence-corrected chi connectivity index (χ1v) is 9.51. The lowest BCUT2D eigenvalue weighted by atomic mass is 10.0. The fraction of sp³-hybridized carbons (Fsp3) is 0.0400. The molecule has 4 aromatic rings. The molecule has 3 nitrogen and oxygen atoms in total. The zero-order chi connectivity index (χ0) is 20.4. The lowest BCUT2D eigenvalue weighted by molar-refractivity contribution is 0.104. The lowest BCUT2D eigenvalue weighted by Gasteiger charge is -2.07. The van der Waals surface area contributed by atoms with Gasteiger partial charge in [-0.2, -0.15) is 0 Å². The summed E-state index contributed by atoms with van der Waals surface area (Å²) >= 11 is 5.87. The quantitative estimate of drug-likeness (QED) is 0.297. The highest BCUT2D eigenvalue weighted by Crippen LogP contribution is 2.26. The van der Waals surface area contributed by atoms with Crippen molar-refractivity contribution in [3.05, 3.63) is 111 Å². The van der Waals surface area contributed by atoms with Crippen LogP contribution < -0.4 is 5.43 Å². The molecule has 1 heterocycles. The molecular weight excluding hydrogens is 384 g/mol. The van der Waals surface area contributed by atoms with E-state index in [1.807, 2.05) is 42.5 Å². The molecule has 4 heteroatoms. The fourth-order valence-corrected chi connectivity index (χ4v) is 3.27. The van der Waals surface area contributed by atoms with E-state index in [-0.39, 0.29) is 11.2 Å². The first-order chi connectivity index (χ1) is 14.0. The maximum absolute atomic E-state index is 12.9. The molecule has 0 unspecified atom stereocenters. The number of hydrogen-bond acceptors (Lipinski definition) is 3. The van der Waals surface area contributed by atoms with Gasteiger partial charge >= 0.3 is 0 Å². The van der Waals surface area contributed by atoms with Crippen molar-refractivity contribution in [1.29, 1.82) is 0 Å². The Morgan fingerprint density at radius 2 is 1.69 bits per heavy atom. The van der Waals surface area contributed by atoms with Crippen LogP contribution in [0.25, 0.3) is 28.4 Å². The summed E-state index contributed by atoms with van der Waals surface area (Å²) in [4.78, 5) is 25.5. The molecule has 0 N–H and O–H groups in total. The smallest absolute Gasteiger partial charge is 0.196 e. The van der Waals surface area contributed by atoms with E-state index in [9.17, 15) is 9.59 Å². The van der Waals surface area contributed by atoms with E-state index in [0.717, 1.165) is 11.1 Å². The predicted octanol–water partition coefficient (Wildman–Crippen LogP) is 6.32. The normalized spacial score (nSPS) is 11.2. The Bertz CT molecular complexity index is 1280. The maximum atomic E-state index is 12.9. The molecule has 0 fully saturated rings. The first-order valence-electron chi connectivity index (χ1n) is 9.14. The monoisotopic (exact) mass is 400 g/mol. The number of benzene rings is 3. The molecule has 4 rings (SSSR count). The van der Waals surface area contributed by atoms with Gasteiger partial charge in [-0.25, -0.2) is 0 Å². The van der Waals surface area contributed by atoms with Crippen LogP contribution in [0, 0.1) is 6.92 Å². The van der Waals surface area contributed by atoms with E-state index in [2.05, 4.69) is 0 Å². The van der Waals surface area contributed by atoms with Crippen LogP contribution in [0.1, 0.15) is 21.5 Å². The molecule has 0 aliphatic heterocycles. The Kier molecular flexibility index (Phi) is 5.15. The minimum Gasteiger partial charge on any atom is -0.456 e. The van der Waals surface area contributed by atoms with Crippen molar-refractivity contribution >= 4 is 34.4 Å². The molecule has 29 heavy (non-hydrogen) atoms. The van der Waals surface area contributed by atoms with Gasteiger partial charge in [-0.3, -0.25) is 9.59 Å². The second-order valence-electron chi connectivity index (χ2n) is 6.71. The second-order valence-corrected chi connectivity index (χ2v) is 7.15. The lowest BCUT2D eigenvalue weighted by Crippen LogP contribution is -2.08. The van der Waals surface area contributed by atoms with Gasteiger partial charge in [0.1, 0.15) is 11.3 Å². The summed E-state index contributed by atoms with van der Waals surface area (Å²) in [6, 6.07) is 21.6. The Balaban J connectivity index is 1.71. The number of carbonyl (C=O) groups is 1. The third kappa shape index (κ3) is 3.91. The number of carbonyl (C=O) groups excluding carboxylic acids is 1. The Hall–Kier alpha value is -3.43. The molecule has 142 valence electrons. The summed E-state index contributed by atoms with van der Waals surface area (Å²) in [5.41, 5.74) is 2.98. The van der Waals surface area contributed by atoms with Gasteiger partial charge < -0.3 is 4.42 Å². The van der Waals surface area contributed by atoms with Crippen molar-refractivity contribution in [1.82, 2.24) is 0 Å².